The molecule has 1 aromatic rings. The molecule has 0 spiro atoms. The van der Waals surface area contributed by atoms with Gasteiger partial charge in [-0.25, -0.2) is 0 Å². The molecule has 1 atom stereocenters. The van der Waals surface area contributed by atoms with E-state index in [2.05, 4.69) is 58.3 Å². The summed E-state index contributed by atoms with van der Waals surface area (Å²) >= 11 is 3.66. The first-order valence-electron chi connectivity index (χ1n) is 8.21. The van der Waals surface area contributed by atoms with E-state index in [9.17, 15) is 0 Å². The van der Waals surface area contributed by atoms with Crippen molar-refractivity contribution in [3.05, 3.63) is 16.4 Å². The maximum absolute atomic E-state index is 6.83. The second-order valence-corrected chi connectivity index (χ2v) is 7.25. The first-order valence-corrected chi connectivity index (χ1v) is 9.00. The zero-order chi connectivity index (χ0) is 15.6. The van der Waals surface area contributed by atoms with Crippen molar-refractivity contribution in [2.75, 3.05) is 13.1 Å². The lowest BCUT2D eigenvalue weighted by molar-refractivity contribution is 0.0728. The zero-order valence-electron chi connectivity index (χ0n) is 13.8. The molecule has 5 heteroatoms. The molecule has 4 nitrogen and oxygen atoms in total. The Kier molecular flexibility index (Phi) is 5.49. The maximum Gasteiger partial charge on any atom is 0.0715 e. The lowest BCUT2D eigenvalue weighted by Gasteiger charge is -2.45. The Morgan fingerprint density at radius 3 is 2.33 bits per heavy atom. The number of likely N-dealkylation sites (tertiary alicyclic amines) is 1. The van der Waals surface area contributed by atoms with E-state index in [0.29, 0.717) is 6.04 Å². The summed E-state index contributed by atoms with van der Waals surface area (Å²) in [5.74, 6) is 0. The summed E-state index contributed by atoms with van der Waals surface area (Å²) in [4.78, 5) is 2.61. The molecule has 0 bridgehead atoms. The van der Waals surface area contributed by atoms with E-state index in [0.717, 1.165) is 23.0 Å². The molecule has 0 amide bonds. The number of halogens is 1. The first kappa shape index (κ1) is 17.0. The maximum atomic E-state index is 6.83. The van der Waals surface area contributed by atoms with Gasteiger partial charge in [0, 0.05) is 11.6 Å². The molecule has 1 unspecified atom stereocenters. The quantitative estimate of drug-likeness (QED) is 0.840. The molecule has 1 aromatic heterocycles. The van der Waals surface area contributed by atoms with Gasteiger partial charge in [0.25, 0.3) is 0 Å². The van der Waals surface area contributed by atoms with Crippen LogP contribution in [0.25, 0.3) is 0 Å². The van der Waals surface area contributed by atoms with Gasteiger partial charge in [-0.05, 0) is 68.6 Å². The van der Waals surface area contributed by atoms with Crippen molar-refractivity contribution in [1.29, 1.82) is 0 Å². The van der Waals surface area contributed by atoms with Crippen LogP contribution in [0.4, 0.5) is 0 Å². The summed E-state index contributed by atoms with van der Waals surface area (Å²) in [5, 5.41) is 4.52. The molecule has 1 fully saturated rings. The molecule has 2 N–H and O–H groups in total. The minimum atomic E-state index is -0.0233. The lowest BCUT2D eigenvalue weighted by atomic mass is 9.81. The predicted molar refractivity (Wildman–Crippen MR) is 91.4 cm³/mol. The highest BCUT2D eigenvalue weighted by Crippen LogP contribution is 2.40. The van der Waals surface area contributed by atoms with Gasteiger partial charge in [-0.15, -0.1) is 0 Å². The van der Waals surface area contributed by atoms with Crippen molar-refractivity contribution in [3.8, 4) is 0 Å². The standard InChI is InChI=1S/C16H29BrN4/c1-5-16(6-2,20-9-7-8-10-20)15(18)14-13(17)11-19-21(14)12(3)4/h11-12,15H,5-10,18H2,1-4H3. The van der Waals surface area contributed by atoms with Gasteiger partial charge in [0.2, 0.25) is 0 Å². The molecule has 120 valence electrons. The molecule has 21 heavy (non-hydrogen) atoms. The van der Waals surface area contributed by atoms with Crippen LogP contribution < -0.4 is 5.73 Å². The molecule has 1 saturated heterocycles. The highest BCUT2D eigenvalue weighted by molar-refractivity contribution is 9.10. The molecular formula is C16H29BrN4. The molecule has 1 aliphatic heterocycles. The third kappa shape index (κ3) is 2.92. The Morgan fingerprint density at radius 2 is 1.86 bits per heavy atom. The number of hydrogen-bond acceptors (Lipinski definition) is 3. The summed E-state index contributed by atoms with van der Waals surface area (Å²) < 4.78 is 3.11. The average molecular weight is 357 g/mol. The van der Waals surface area contributed by atoms with Gasteiger partial charge >= 0.3 is 0 Å². The fourth-order valence-electron chi connectivity index (χ4n) is 3.80. The topological polar surface area (TPSA) is 47.1 Å². The fraction of sp³-hybridized carbons (Fsp3) is 0.812. The third-order valence-corrected chi connectivity index (χ3v) is 5.72. The van der Waals surface area contributed by atoms with E-state index in [1.807, 2.05) is 6.20 Å². The summed E-state index contributed by atoms with van der Waals surface area (Å²) in [5.41, 5.74) is 8.00. The van der Waals surface area contributed by atoms with Crippen LogP contribution in [-0.2, 0) is 0 Å². The Bertz CT molecular complexity index is 459. The van der Waals surface area contributed by atoms with E-state index in [-0.39, 0.29) is 11.6 Å². The molecule has 2 rings (SSSR count). The van der Waals surface area contributed by atoms with Crippen molar-refractivity contribution < 1.29 is 0 Å². The van der Waals surface area contributed by atoms with Gasteiger partial charge in [0.15, 0.2) is 0 Å². The van der Waals surface area contributed by atoms with Gasteiger partial charge in [0.1, 0.15) is 0 Å². The van der Waals surface area contributed by atoms with E-state index in [1.165, 1.54) is 25.9 Å². The second-order valence-electron chi connectivity index (χ2n) is 6.40. The van der Waals surface area contributed by atoms with Crippen molar-refractivity contribution in [3.63, 3.8) is 0 Å². The zero-order valence-corrected chi connectivity index (χ0v) is 15.4. The Balaban J connectivity index is 2.43. The number of aromatic nitrogens is 2. The Morgan fingerprint density at radius 1 is 1.29 bits per heavy atom. The number of rotatable bonds is 6. The first-order chi connectivity index (χ1) is 9.97. The molecule has 2 heterocycles. The Hall–Kier alpha value is -0.390. The summed E-state index contributed by atoms with van der Waals surface area (Å²) in [6.07, 6.45) is 6.61. The summed E-state index contributed by atoms with van der Waals surface area (Å²) in [7, 11) is 0. The van der Waals surface area contributed by atoms with Crippen LogP contribution in [0.15, 0.2) is 10.7 Å². The van der Waals surface area contributed by atoms with E-state index in [4.69, 9.17) is 5.73 Å². The molecule has 0 aromatic carbocycles. The third-order valence-electron chi connectivity index (χ3n) is 5.11. The minimum absolute atomic E-state index is 0.0233. The minimum Gasteiger partial charge on any atom is -0.321 e. The second kappa shape index (κ2) is 6.80. The number of nitrogens with zero attached hydrogens (tertiary/aromatic N) is 3. The van der Waals surface area contributed by atoms with E-state index < -0.39 is 0 Å². The van der Waals surface area contributed by atoms with Gasteiger partial charge < -0.3 is 5.73 Å². The van der Waals surface area contributed by atoms with Crippen LogP contribution in [0.5, 0.6) is 0 Å². The van der Waals surface area contributed by atoms with Crippen LogP contribution >= 0.6 is 15.9 Å². The van der Waals surface area contributed by atoms with Gasteiger partial charge in [-0.3, -0.25) is 9.58 Å². The van der Waals surface area contributed by atoms with Crippen molar-refractivity contribution in [2.24, 2.45) is 5.73 Å². The molecule has 0 radical (unpaired) electrons. The lowest BCUT2D eigenvalue weighted by Crippen LogP contribution is -2.54. The highest BCUT2D eigenvalue weighted by atomic mass is 79.9. The molecule has 0 saturated carbocycles. The van der Waals surface area contributed by atoms with Crippen LogP contribution in [0.1, 0.15) is 71.2 Å². The van der Waals surface area contributed by atoms with Gasteiger partial charge in [-0.1, -0.05) is 13.8 Å². The Labute approximate surface area is 137 Å². The summed E-state index contributed by atoms with van der Waals surface area (Å²) in [6, 6.07) is 0.298. The van der Waals surface area contributed by atoms with Crippen LogP contribution in [-0.4, -0.2) is 33.3 Å². The largest absolute Gasteiger partial charge is 0.321 e. The van der Waals surface area contributed by atoms with Crippen LogP contribution in [0, 0.1) is 0 Å². The molecule has 1 aliphatic rings. The van der Waals surface area contributed by atoms with Gasteiger partial charge in [-0.2, -0.15) is 5.10 Å². The van der Waals surface area contributed by atoms with Gasteiger partial charge in [0.05, 0.1) is 22.4 Å². The fourth-order valence-corrected chi connectivity index (χ4v) is 4.32. The summed E-state index contributed by atoms with van der Waals surface area (Å²) in [6.45, 7) is 11.2. The van der Waals surface area contributed by atoms with Crippen LogP contribution in [0.2, 0.25) is 0 Å². The average Bonchev–Trinajstić information content (AvgIpc) is 3.10. The highest BCUT2D eigenvalue weighted by Gasteiger charge is 2.43. The van der Waals surface area contributed by atoms with Crippen molar-refractivity contribution in [1.82, 2.24) is 14.7 Å². The monoisotopic (exact) mass is 356 g/mol. The number of hydrogen-bond donors (Lipinski definition) is 1. The SMILES string of the molecule is CCC(CC)(C(N)c1c(Br)cnn1C(C)C)N1CCCC1. The number of nitrogens with two attached hydrogens (primary N) is 1. The molecular weight excluding hydrogens is 328 g/mol. The van der Waals surface area contributed by atoms with Crippen molar-refractivity contribution >= 4 is 15.9 Å². The van der Waals surface area contributed by atoms with Crippen molar-refractivity contribution in [2.45, 2.75) is 71.0 Å². The molecule has 0 aliphatic carbocycles. The predicted octanol–water partition coefficient (Wildman–Crippen LogP) is 3.88. The normalized spacial score (nSPS) is 18.6. The van der Waals surface area contributed by atoms with E-state index >= 15 is 0 Å². The van der Waals surface area contributed by atoms with Crippen LogP contribution in [0.3, 0.4) is 0 Å². The smallest absolute Gasteiger partial charge is 0.0715 e. The van der Waals surface area contributed by atoms with E-state index in [1.54, 1.807) is 0 Å².